The number of carbonyl (C=O) groups excluding carboxylic acids is 2. The van der Waals surface area contributed by atoms with Crippen LogP contribution >= 0.6 is 0 Å². The number of guanidine groups is 1. The second-order valence-electron chi connectivity index (χ2n) is 6.06. The zero-order valence-electron chi connectivity index (χ0n) is 15.6. The number of nitrogens with zero attached hydrogens (tertiary/aromatic N) is 3. The number of rotatable bonds is 9. The Morgan fingerprint density at radius 2 is 1.66 bits per heavy atom. The number of anilines is 1. The Balaban J connectivity index is 2.23. The first-order valence-corrected chi connectivity index (χ1v) is 8.84. The van der Waals surface area contributed by atoms with Crippen LogP contribution in [0.3, 0.4) is 0 Å². The molecule has 10 heteroatoms. The van der Waals surface area contributed by atoms with Gasteiger partial charge >= 0.3 is 5.91 Å². The van der Waals surface area contributed by atoms with Crippen LogP contribution < -0.4 is 21.8 Å². The lowest BCUT2D eigenvalue weighted by Gasteiger charge is -2.21. The Kier molecular flexibility index (Phi) is 7.66. The van der Waals surface area contributed by atoms with E-state index in [1.165, 1.54) is 12.1 Å². The molecule has 0 unspecified atom stereocenters. The van der Waals surface area contributed by atoms with Crippen molar-refractivity contribution in [2.75, 3.05) is 11.6 Å². The second kappa shape index (κ2) is 10.4. The average Bonchev–Trinajstić information content (AvgIpc) is 2.71. The van der Waals surface area contributed by atoms with E-state index in [1.54, 1.807) is 48.5 Å². The normalized spacial score (nSPS) is 11.2. The summed E-state index contributed by atoms with van der Waals surface area (Å²) < 4.78 is 0. The Morgan fingerprint density at radius 1 is 1.07 bits per heavy atom. The van der Waals surface area contributed by atoms with Gasteiger partial charge in [-0.25, -0.2) is 10.1 Å². The molecular formula is C19H22N6O4. The summed E-state index contributed by atoms with van der Waals surface area (Å²) in [4.78, 5) is 40.9. The number of nitrogens with one attached hydrogen (secondary N) is 1. The molecule has 0 radical (unpaired) electrons. The van der Waals surface area contributed by atoms with Gasteiger partial charge < -0.3 is 16.8 Å². The standard InChI is InChI=1S/C19H22N6O4/c20-19(21)22-13-7-12-16(23-17(26)14-8-3-1-4-9-14)18(27)24(25(28)29)15-10-5-2-6-11-15/h1-6,8-11,16H,7,12-13H2,(H,23,26)(H4,20,21,22)/t16-/m0/s1. The van der Waals surface area contributed by atoms with Crippen molar-refractivity contribution in [1.29, 1.82) is 0 Å². The van der Waals surface area contributed by atoms with Crippen molar-refractivity contribution in [3.05, 3.63) is 76.3 Å². The van der Waals surface area contributed by atoms with Gasteiger partial charge in [0.2, 0.25) is 0 Å². The first kappa shape index (κ1) is 21.4. The van der Waals surface area contributed by atoms with E-state index in [1.807, 2.05) is 0 Å². The summed E-state index contributed by atoms with van der Waals surface area (Å²) in [5, 5.41) is 13.8. The van der Waals surface area contributed by atoms with Crippen molar-refractivity contribution in [3.8, 4) is 0 Å². The molecule has 5 N–H and O–H groups in total. The minimum atomic E-state index is -1.14. The maximum atomic E-state index is 13.0. The van der Waals surface area contributed by atoms with Crippen molar-refractivity contribution >= 4 is 23.5 Å². The molecule has 2 aromatic carbocycles. The fourth-order valence-electron chi connectivity index (χ4n) is 2.61. The van der Waals surface area contributed by atoms with E-state index in [2.05, 4.69) is 10.3 Å². The van der Waals surface area contributed by atoms with Gasteiger partial charge in [-0.3, -0.25) is 14.6 Å². The van der Waals surface area contributed by atoms with Crippen molar-refractivity contribution in [2.24, 2.45) is 16.5 Å². The Morgan fingerprint density at radius 3 is 2.21 bits per heavy atom. The number of para-hydroxylation sites is 1. The summed E-state index contributed by atoms with van der Waals surface area (Å²) >= 11 is 0. The fraction of sp³-hybridized carbons (Fsp3) is 0.211. The molecule has 2 rings (SSSR count). The maximum Gasteiger partial charge on any atom is 0.311 e. The first-order chi connectivity index (χ1) is 13.9. The molecule has 10 nitrogen and oxygen atoms in total. The van der Waals surface area contributed by atoms with Crippen LogP contribution in [0.5, 0.6) is 0 Å². The van der Waals surface area contributed by atoms with Gasteiger partial charge in [-0.15, -0.1) is 0 Å². The summed E-state index contributed by atoms with van der Waals surface area (Å²) in [7, 11) is 0. The highest BCUT2D eigenvalue weighted by molar-refractivity contribution is 6.01. The number of hydrogen-bond acceptors (Lipinski definition) is 5. The van der Waals surface area contributed by atoms with E-state index in [0.29, 0.717) is 17.0 Å². The molecule has 0 aliphatic carbocycles. The van der Waals surface area contributed by atoms with E-state index in [-0.39, 0.29) is 24.6 Å². The Bertz CT molecular complexity index is 869. The number of benzene rings is 2. The van der Waals surface area contributed by atoms with Crippen LogP contribution in [0, 0.1) is 10.1 Å². The monoisotopic (exact) mass is 398 g/mol. The molecule has 2 amide bonds. The van der Waals surface area contributed by atoms with Gasteiger partial charge in [0.25, 0.3) is 5.91 Å². The summed E-state index contributed by atoms with van der Waals surface area (Å²) in [5.74, 6) is -1.48. The molecule has 0 aromatic heterocycles. The number of hydrogen-bond donors (Lipinski definition) is 3. The number of nitro groups is 1. The second-order valence-corrected chi connectivity index (χ2v) is 6.06. The van der Waals surface area contributed by atoms with Gasteiger partial charge in [0.05, 0.1) is 0 Å². The van der Waals surface area contributed by atoms with Gasteiger partial charge in [0.1, 0.15) is 11.7 Å². The van der Waals surface area contributed by atoms with Crippen LogP contribution in [0.4, 0.5) is 5.69 Å². The molecule has 0 spiro atoms. The molecule has 0 saturated heterocycles. The maximum absolute atomic E-state index is 13.0. The number of carbonyl (C=O) groups is 2. The minimum Gasteiger partial charge on any atom is -0.370 e. The highest BCUT2D eigenvalue weighted by Crippen LogP contribution is 2.16. The third-order valence-electron chi connectivity index (χ3n) is 3.96. The van der Waals surface area contributed by atoms with Gasteiger partial charge in [-0.1, -0.05) is 36.4 Å². The summed E-state index contributed by atoms with van der Waals surface area (Å²) in [6, 6.07) is 14.8. The third kappa shape index (κ3) is 6.31. The molecule has 0 aliphatic rings. The van der Waals surface area contributed by atoms with Crippen LogP contribution in [0.15, 0.2) is 65.7 Å². The van der Waals surface area contributed by atoms with E-state index in [9.17, 15) is 19.7 Å². The molecule has 152 valence electrons. The van der Waals surface area contributed by atoms with Crippen LogP contribution in [-0.4, -0.2) is 35.4 Å². The largest absolute Gasteiger partial charge is 0.370 e. The highest BCUT2D eigenvalue weighted by atomic mass is 16.7. The Labute approximate surface area is 167 Å². The molecule has 2 aromatic rings. The van der Waals surface area contributed by atoms with E-state index in [0.717, 1.165) is 0 Å². The Hall–Kier alpha value is -3.95. The lowest BCUT2D eigenvalue weighted by molar-refractivity contribution is -0.484. The van der Waals surface area contributed by atoms with E-state index < -0.39 is 22.9 Å². The van der Waals surface area contributed by atoms with Crippen LogP contribution in [-0.2, 0) is 4.79 Å². The molecule has 0 aliphatic heterocycles. The molecule has 29 heavy (non-hydrogen) atoms. The lowest BCUT2D eigenvalue weighted by atomic mass is 10.1. The average molecular weight is 398 g/mol. The van der Waals surface area contributed by atoms with Gasteiger partial charge in [-0.05, 0) is 42.1 Å². The highest BCUT2D eigenvalue weighted by Gasteiger charge is 2.34. The SMILES string of the molecule is NC(N)=NCCC[C@H](NC(=O)c1ccccc1)C(=O)N(c1ccccc1)[N+](=O)[O-]. The summed E-state index contributed by atoms with van der Waals surface area (Å²) in [5.41, 5.74) is 11.0. The molecule has 0 saturated carbocycles. The van der Waals surface area contributed by atoms with Gasteiger partial charge in [0, 0.05) is 12.1 Å². The molecular weight excluding hydrogens is 376 g/mol. The van der Waals surface area contributed by atoms with Gasteiger partial charge in [0.15, 0.2) is 11.0 Å². The van der Waals surface area contributed by atoms with Crippen LogP contribution in [0.1, 0.15) is 23.2 Å². The molecule has 0 fully saturated rings. The number of aliphatic imine (C=N–C) groups is 1. The first-order valence-electron chi connectivity index (χ1n) is 8.84. The lowest BCUT2D eigenvalue weighted by Crippen LogP contribution is -2.51. The summed E-state index contributed by atoms with van der Waals surface area (Å²) in [6.07, 6.45) is 0.453. The van der Waals surface area contributed by atoms with Gasteiger partial charge in [-0.2, -0.15) is 0 Å². The molecule has 0 bridgehead atoms. The van der Waals surface area contributed by atoms with Crippen molar-refractivity contribution in [2.45, 2.75) is 18.9 Å². The van der Waals surface area contributed by atoms with E-state index in [4.69, 9.17) is 11.5 Å². The summed E-state index contributed by atoms with van der Waals surface area (Å²) in [6.45, 7) is 0.219. The zero-order valence-corrected chi connectivity index (χ0v) is 15.6. The predicted molar refractivity (Wildman–Crippen MR) is 109 cm³/mol. The topological polar surface area (TPSA) is 157 Å². The number of amides is 2. The van der Waals surface area contributed by atoms with E-state index >= 15 is 0 Å². The van der Waals surface area contributed by atoms with Crippen molar-refractivity contribution in [3.63, 3.8) is 0 Å². The molecule has 0 heterocycles. The minimum absolute atomic E-state index is 0.0886. The van der Waals surface area contributed by atoms with Crippen LogP contribution in [0.2, 0.25) is 0 Å². The molecule has 1 atom stereocenters. The fourth-order valence-corrected chi connectivity index (χ4v) is 2.61. The number of hydrazine groups is 1. The van der Waals surface area contributed by atoms with Crippen molar-refractivity contribution in [1.82, 2.24) is 5.32 Å². The third-order valence-corrected chi connectivity index (χ3v) is 3.96. The van der Waals surface area contributed by atoms with Crippen LogP contribution in [0.25, 0.3) is 0 Å². The quantitative estimate of drug-likeness (QED) is 0.188. The number of nitrogens with two attached hydrogens (primary N) is 2. The zero-order chi connectivity index (χ0) is 21.2. The smallest absolute Gasteiger partial charge is 0.311 e. The van der Waals surface area contributed by atoms with Crippen molar-refractivity contribution < 1.29 is 14.6 Å². The predicted octanol–water partition coefficient (Wildman–Crippen LogP) is 1.06.